The van der Waals surface area contributed by atoms with E-state index in [-0.39, 0.29) is 6.10 Å². The van der Waals surface area contributed by atoms with Gasteiger partial charge in [-0.2, -0.15) is 0 Å². The number of nitrogens with zero attached hydrogens (tertiary/aromatic N) is 2. The molecule has 0 spiro atoms. The van der Waals surface area contributed by atoms with E-state index < -0.39 is 0 Å². The summed E-state index contributed by atoms with van der Waals surface area (Å²) in [7, 11) is 0. The molecule has 2 heterocycles. The van der Waals surface area contributed by atoms with Gasteiger partial charge in [0.2, 0.25) is 0 Å². The smallest absolute Gasteiger partial charge is 0.0824 e. The summed E-state index contributed by atoms with van der Waals surface area (Å²) in [6, 6.07) is 10.5. The minimum Gasteiger partial charge on any atom is -0.374 e. The van der Waals surface area contributed by atoms with Gasteiger partial charge in [0.25, 0.3) is 0 Å². The predicted molar refractivity (Wildman–Crippen MR) is 75.8 cm³/mol. The molecule has 4 nitrogen and oxygen atoms in total. The molecule has 1 atom stereocenters. The van der Waals surface area contributed by atoms with E-state index in [0.29, 0.717) is 6.54 Å². The van der Waals surface area contributed by atoms with E-state index in [9.17, 15) is 0 Å². The Morgan fingerprint density at radius 2 is 2.32 bits per heavy atom. The van der Waals surface area contributed by atoms with Crippen molar-refractivity contribution in [2.75, 3.05) is 26.2 Å². The van der Waals surface area contributed by atoms with E-state index in [0.717, 1.165) is 31.8 Å². The van der Waals surface area contributed by atoms with Crippen molar-refractivity contribution < 1.29 is 4.74 Å². The summed E-state index contributed by atoms with van der Waals surface area (Å²) in [6.07, 6.45) is 2.01. The molecule has 0 amide bonds. The zero-order chi connectivity index (χ0) is 13.1. The maximum atomic E-state index is 5.67. The minimum absolute atomic E-state index is 0.177. The third-order valence-corrected chi connectivity index (χ3v) is 3.56. The summed E-state index contributed by atoms with van der Waals surface area (Å²) >= 11 is 0. The zero-order valence-corrected chi connectivity index (χ0v) is 11.0. The first-order valence-electron chi connectivity index (χ1n) is 6.73. The van der Waals surface area contributed by atoms with Gasteiger partial charge in [0.15, 0.2) is 0 Å². The monoisotopic (exact) mass is 257 g/mol. The van der Waals surface area contributed by atoms with Gasteiger partial charge in [-0.1, -0.05) is 12.1 Å². The first-order valence-corrected chi connectivity index (χ1v) is 6.73. The molecule has 4 heteroatoms. The van der Waals surface area contributed by atoms with Crippen molar-refractivity contribution in [2.24, 2.45) is 5.73 Å². The molecule has 1 fully saturated rings. The molecule has 1 aromatic carbocycles. The van der Waals surface area contributed by atoms with Crippen LogP contribution >= 0.6 is 0 Å². The Morgan fingerprint density at radius 1 is 1.37 bits per heavy atom. The van der Waals surface area contributed by atoms with Gasteiger partial charge in [0.1, 0.15) is 0 Å². The molecule has 0 bridgehead atoms. The van der Waals surface area contributed by atoms with Crippen molar-refractivity contribution in [2.45, 2.75) is 12.6 Å². The Bertz CT molecular complexity index is 558. The van der Waals surface area contributed by atoms with Crippen LogP contribution in [0.3, 0.4) is 0 Å². The second kappa shape index (κ2) is 5.65. The van der Waals surface area contributed by atoms with E-state index in [1.165, 1.54) is 10.9 Å². The first kappa shape index (κ1) is 12.5. The molecular formula is C15H19N3O. The second-order valence-electron chi connectivity index (χ2n) is 4.99. The number of fused-ring (bicyclic) bond motifs is 1. The topological polar surface area (TPSA) is 51.4 Å². The molecule has 1 aliphatic rings. The van der Waals surface area contributed by atoms with Crippen LogP contribution in [0.25, 0.3) is 10.9 Å². The molecule has 100 valence electrons. The predicted octanol–water partition coefficient (Wildman–Crippen LogP) is 1.39. The lowest BCUT2D eigenvalue weighted by Crippen LogP contribution is -2.45. The molecule has 0 radical (unpaired) electrons. The minimum atomic E-state index is 0.177. The first-order chi connectivity index (χ1) is 9.35. The van der Waals surface area contributed by atoms with Gasteiger partial charge in [0, 0.05) is 37.8 Å². The summed E-state index contributed by atoms with van der Waals surface area (Å²) in [5, 5.41) is 1.20. The summed E-state index contributed by atoms with van der Waals surface area (Å²) in [5.41, 5.74) is 8.04. The molecule has 1 saturated heterocycles. The summed E-state index contributed by atoms with van der Waals surface area (Å²) in [6.45, 7) is 4.21. The molecule has 19 heavy (non-hydrogen) atoms. The average molecular weight is 257 g/mol. The van der Waals surface area contributed by atoms with Crippen LogP contribution in [0.1, 0.15) is 5.56 Å². The SMILES string of the molecule is NCC1CN(Cc2ccc3ncccc3c2)CCO1. The Labute approximate surface area is 113 Å². The quantitative estimate of drug-likeness (QED) is 0.903. The number of hydrogen-bond donors (Lipinski definition) is 1. The van der Waals surface area contributed by atoms with E-state index in [1.54, 1.807) is 0 Å². The molecule has 2 N–H and O–H groups in total. The maximum absolute atomic E-state index is 5.67. The summed E-state index contributed by atoms with van der Waals surface area (Å²) < 4.78 is 5.59. The summed E-state index contributed by atoms with van der Waals surface area (Å²) in [5.74, 6) is 0. The van der Waals surface area contributed by atoms with Crippen LogP contribution in [-0.2, 0) is 11.3 Å². The fourth-order valence-corrected chi connectivity index (χ4v) is 2.55. The maximum Gasteiger partial charge on any atom is 0.0824 e. The molecular weight excluding hydrogens is 238 g/mol. The van der Waals surface area contributed by atoms with Crippen LogP contribution in [0.15, 0.2) is 36.5 Å². The van der Waals surface area contributed by atoms with Crippen LogP contribution in [0, 0.1) is 0 Å². The Morgan fingerprint density at radius 3 is 3.21 bits per heavy atom. The molecule has 2 aromatic rings. The Balaban J connectivity index is 1.74. The van der Waals surface area contributed by atoms with Gasteiger partial charge >= 0.3 is 0 Å². The van der Waals surface area contributed by atoms with Gasteiger partial charge in [0.05, 0.1) is 18.2 Å². The van der Waals surface area contributed by atoms with E-state index in [4.69, 9.17) is 10.5 Å². The fraction of sp³-hybridized carbons (Fsp3) is 0.400. The van der Waals surface area contributed by atoms with Gasteiger partial charge in [-0.3, -0.25) is 9.88 Å². The van der Waals surface area contributed by atoms with Gasteiger partial charge < -0.3 is 10.5 Å². The average Bonchev–Trinajstić information content (AvgIpc) is 2.47. The van der Waals surface area contributed by atoms with Crippen molar-refractivity contribution >= 4 is 10.9 Å². The molecule has 0 aliphatic carbocycles. The highest BCUT2D eigenvalue weighted by Gasteiger charge is 2.19. The molecule has 1 aliphatic heterocycles. The number of benzene rings is 1. The number of aromatic nitrogens is 1. The highest BCUT2D eigenvalue weighted by Crippen LogP contribution is 2.16. The summed E-state index contributed by atoms with van der Waals surface area (Å²) in [4.78, 5) is 6.75. The van der Waals surface area contributed by atoms with Crippen molar-refractivity contribution in [3.8, 4) is 0 Å². The molecule has 0 saturated carbocycles. The van der Waals surface area contributed by atoms with Crippen LogP contribution in [0.5, 0.6) is 0 Å². The lowest BCUT2D eigenvalue weighted by atomic mass is 10.1. The van der Waals surface area contributed by atoms with Crippen molar-refractivity contribution in [1.82, 2.24) is 9.88 Å². The van der Waals surface area contributed by atoms with Crippen molar-refractivity contribution in [1.29, 1.82) is 0 Å². The van der Waals surface area contributed by atoms with Gasteiger partial charge in [-0.25, -0.2) is 0 Å². The molecule has 1 aromatic heterocycles. The van der Waals surface area contributed by atoms with E-state index in [2.05, 4.69) is 34.1 Å². The normalized spacial score (nSPS) is 20.8. The zero-order valence-electron chi connectivity index (χ0n) is 11.0. The van der Waals surface area contributed by atoms with Crippen LogP contribution in [0.4, 0.5) is 0 Å². The standard InChI is InChI=1S/C15H19N3O/c16-9-14-11-18(6-7-19-14)10-12-3-4-15-13(8-12)2-1-5-17-15/h1-5,8,14H,6-7,9-11,16H2. The van der Waals surface area contributed by atoms with Crippen molar-refractivity contribution in [3.05, 3.63) is 42.1 Å². The highest BCUT2D eigenvalue weighted by molar-refractivity contribution is 5.78. The third-order valence-electron chi connectivity index (χ3n) is 3.56. The number of ether oxygens (including phenoxy) is 1. The van der Waals surface area contributed by atoms with E-state index in [1.807, 2.05) is 12.3 Å². The van der Waals surface area contributed by atoms with E-state index >= 15 is 0 Å². The fourth-order valence-electron chi connectivity index (χ4n) is 2.55. The number of rotatable bonds is 3. The molecule has 1 unspecified atom stereocenters. The van der Waals surface area contributed by atoms with Gasteiger partial charge in [-0.05, 0) is 23.8 Å². The lowest BCUT2D eigenvalue weighted by molar-refractivity contribution is -0.0260. The number of hydrogen-bond acceptors (Lipinski definition) is 4. The van der Waals surface area contributed by atoms with Crippen LogP contribution in [0.2, 0.25) is 0 Å². The lowest BCUT2D eigenvalue weighted by Gasteiger charge is -2.32. The Hall–Kier alpha value is -1.49. The van der Waals surface area contributed by atoms with Gasteiger partial charge in [-0.15, -0.1) is 0 Å². The third kappa shape index (κ3) is 2.92. The van der Waals surface area contributed by atoms with Crippen molar-refractivity contribution in [3.63, 3.8) is 0 Å². The number of pyridine rings is 1. The second-order valence-corrected chi connectivity index (χ2v) is 4.99. The highest BCUT2D eigenvalue weighted by atomic mass is 16.5. The van der Waals surface area contributed by atoms with Crippen LogP contribution < -0.4 is 5.73 Å². The molecule has 3 rings (SSSR count). The number of morpholine rings is 1. The number of nitrogens with two attached hydrogens (primary N) is 1. The van der Waals surface area contributed by atoms with Crippen LogP contribution in [-0.4, -0.2) is 42.2 Å². The Kier molecular flexibility index (Phi) is 3.73. The largest absolute Gasteiger partial charge is 0.374 e.